The molecule has 0 saturated carbocycles. The number of pyridine rings is 1. The third-order valence-electron chi connectivity index (χ3n) is 3.48. The molecule has 1 aromatic carbocycles. The normalized spacial score (nSPS) is 11.2. The topological polar surface area (TPSA) is 62.2 Å². The molecule has 2 rings (SSSR count). The van der Waals surface area contributed by atoms with Gasteiger partial charge in [0.15, 0.2) is 0 Å². The lowest BCUT2D eigenvalue weighted by atomic mass is 9.85. The second kappa shape index (κ2) is 6.26. The molecule has 5 heteroatoms. The molecule has 0 saturated heterocycles. The number of halogens is 1. The quantitative estimate of drug-likeness (QED) is 0.862. The van der Waals surface area contributed by atoms with Gasteiger partial charge in [-0.25, -0.2) is 0 Å². The van der Waals surface area contributed by atoms with Gasteiger partial charge in [0.05, 0.1) is 5.41 Å². The monoisotopic (exact) mass is 348 g/mol. The summed E-state index contributed by atoms with van der Waals surface area (Å²) in [5.74, 6) is -0.830. The van der Waals surface area contributed by atoms with E-state index in [4.69, 9.17) is 0 Å². The zero-order valence-electron chi connectivity index (χ0n) is 11.9. The number of carboxylic acid groups (broad SMARTS) is 1. The van der Waals surface area contributed by atoms with Crippen LogP contribution in [0.1, 0.15) is 25.0 Å². The number of anilines is 1. The predicted molar refractivity (Wildman–Crippen MR) is 86.4 cm³/mol. The van der Waals surface area contributed by atoms with Crippen molar-refractivity contribution in [3.8, 4) is 0 Å². The lowest BCUT2D eigenvalue weighted by Gasteiger charge is -2.20. The van der Waals surface area contributed by atoms with Gasteiger partial charge in [-0.3, -0.25) is 9.78 Å². The Bertz CT molecular complexity index is 639. The van der Waals surface area contributed by atoms with Gasteiger partial charge < -0.3 is 10.4 Å². The molecule has 0 bridgehead atoms. The fraction of sp³-hybridized carbons (Fsp3) is 0.250. The lowest BCUT2D eigenvalue weighted by molar-refractivity contribution is -0.142. The zero-order valence-corrected chi connectivity index (χ0v) is 13.5. The summed E-state index contributed by atoms with van der Waals surface area (Å²) in [4.78, 5) is 15.3. The van der Waals surface area contributed by atoms with Gasteiger partial charge in [0.1, 0.15) is 0 Å². The molecule has 0 aliphatic carbocycles. The number of aliphatic carboxylic acids is 1. The molecule has 0 atom stereocenters. The number of nitrogens with one attached hydrogen (secondary N) is 1. The first-order valence-electron chi connectivity index (χ1n) is 6.57. The highest BCUT2D eigenvalue weighted by molar-refractivity contribution is 9.10. The molecular weight excluding hydrogens is 332 g/mol. The van der Waals surface area contributed by atoms with E-state index in [0.29, 0.717) is 6.54 Å². The Labute approximate surface area is 132 Å². The van der Waals surface area contributed by atoms with Crippen LogP contribution in [0.2, 0.25) is 0 Å². The number of aromatic nitrogens is 1. The average molecular weight is 349 g/mol. The Balaban J connectivity index is 2.07. The fourth-order valence-corrected chi connectivity index (χ4v) is 2.26. The second-order valence-corrected chi connectivity index (χ2v) is 6.18. The molecule has 2 aromatic rings. The van der Waals surface area contributed by atoms with E-state index in [0.717, 1.165) is 21.3 Å². The number of hydrogen-bond donors (Lipinski definition) is 2. The van der Waals surface area contributed by atoms with Gasteiger partial charge in [0.2, 0.25) is 0 Å². The van der Waals surface area contributed by atoms with Crippen molar-refractivity contribution in [1.29, 1.82) is 0 Å². The number of nitrogens with zero attached hydrogens (tertiary/aromatic N) is 1. The van der Waals surface area contributed by atoms with Crippen molar-refractivity contribution in [2.24, 2.45) is 0 Å². The van der Waals surface area contributed by atoms with Gasteiger partial charge in [-0.2, -0.15) is 0 Å². The molecule has 0 unspecified atom stereocenters. The van der Waals surface area contributed by atoms with Gasteiger partial charge in [-0.05, 0) is 59.1 Å². The van der Waals surface area contributed by atoms with Crippen molar-refractivity contribution in [1.82, 2.24) is 4.98 Å². The average Bonchev–Trinajstić information content (AvgIpc) is 2.46. The smallest absolute Gasteiger partial charge is 0.313 e. The predicted octanol–water partition coefficient (Wildman–Crippen LogP) is 3.82. The maximum Gasteiger partial charge on any atom is 0.313 e. The van der Waals surface area contributed by atoms with E-state index in [-0.39, 0.29) is 0 Å². The summed E-state index contributed by atoms with van der Waals surface area (Å²) in [5, 5.41) is 12.5. The highest BCUT2D eigenvalue weighted by atomic mass is 79.9. The van der Waals surface area contributed by atoms with Crippen LogP contribution in [0.5, 0.6) is 0 Å². The Morgan fingerprint density at radius 3 is 2.52 bits per heavy atom. The Morgan fingerprint density at radius 1 is 1.29 bits per heavy atom. The first kappa shape index (κ1) is 15.5. The van der Waals surface area contributed by atoms with Crippen LogP contribution in [0.15, 0.2) is 47.2 Å². The Hall–Kier alpha value is -1.88. The summed E-state index contributed by atoms with van der Waals surface area (Å²) in [5.41, 5.74) is 1.96. The summed E-state index contributed by atoms with van der Waals surface area (Å²) in [7, 11) is 0. The van der Waals surface area contributed by atoms with Crippen molar-refractivity contribution in [3.05, 3.63) is 58.3 Å². The first-order chi connectivity index (χ1) is 9.91. The molecular formula is C16H17BrN2O2. The van der Waals surface area contributed by atoms with E-state index in [9.17, 15) is 9.90 Å². The van der Waals surface area contributed by atoms with Gasteiger partial charge in [-0.1, -0.05) is 12.1 Å². The lowest BCUT2D eigenvalue weighted by Crippen LogP contribution is -2.28. The minimum atomic E-state index is -0.882. The molecule has 0 fully saturated rings. The van der Waals surface area contributed by atoms with E-state index in [2.05, 4.69) is 26.2 Å². The van der Waals surface area contributed by atoms with Gasteiger partial charge in [0, 0.05) is 29.1 Å². The van der Waals surface area contributed by atoms with Crippen LogP contribution in [-0.4, -0.2) is 16.1 Å². The van der Waals surface area contributed by atoms with Crippen LogP contribution >= 0.6 is 15.9 Å². The number of rotatable bonds is 5. The summed E-state index contributed by atoms with van der Waals surface area (Å²) in [6, 6.07) is 9.43. The van der Waals surface area contributed by atoms with Crippen molar-refractivity contribution in [2.75, 3.05) is 5.32 Å². The number of hydrogen-bond acceptors (Lipinski definition) is 3. The third-order valence-corrected chi connectivity index (χ3v) is 4.19. The highest BCUT2D eigenvalue weighted by Gasteiger charge is 2.29. The molecule has 4 nitrogen and oxygen atoms in total. The van der Waals surface area contributed by atoms with Crippen LogP contribution in [0.3, 0.4) is 0 Å². The molecule has 1 heterocycles. The van der Waals surface area contributed by atoms with Crippen molar-refractivity contribution in [2.45, 2.75) is 25.8 Å². The van der Waals surface area contributed by atoms with Gasteiger partial charge in [-0.15, -0.1) is 0 Å². The van der Waals surface area contributed by atoms with E-state index < -0.39 is 11.4 Å². The van der Waals surface area contributed by atoms with Crippen molar-refractivity contribution < 1.29 is 9.90 Å². The molecule has 0 radical (unpaired) electrons. The van der Waals surface area contributed by atoms with E-state index in [1.54, 1.807) is 26.2 Å². The maximum atomic E-state index is 11.2. The second-order valence-electron chi connectivity index (χ2n) is 5.33. The third kappa shape index (κ3) is 3.61. The SMILES string of the molecule is CC(C)(C(=O)O)c1ccc(NCc2ccncc2Br)cc1. The van der Waals surface area contributed by atoms with Crippen LogP contribution in [0.4, 0.5) is 5.69 Å². The summed E-state index contributed by atoms with van der Waals surface area (Å²) in [6.07, 6.45) is 3.51. The van der Waals surface area contributed by atoms with Crippen LogP contribution in [0.25, 0.3) is 0 Å². The molecule has 1 aromatic heterocycles. The van der Waals surface area contributed by atoms with E-state index in [1.807, 2.05) is 30.3 Å². The molecule has 0 amide bonds. The molecule has 21 heavy (non-hydrogen) atoms. The van der Waals surface area contributed by atoms with Crippen LogP contribution in [0, 0.1) is 0 Å². The summed E-state index contributed by atoms with van der Waals surface area (Å²) < 4.78 is 0.959. The summed E-state index contributed by atoms with van der Waals surface area (Å²) in [6.45, 7) is 4.07. The molecule has 2 N–H and O–H groups in total. The maximum absolute atomic E-state index is 11.2. The van der Waals surface area contributed by atoms with Crippen molar-refractivity contribution >= 4 is 27.6 Å². The van der Waals surface area contributed by atoms with Crippen LogP contribution in [-0.2, 0) is 16.8 Å². The molecule has 0 spiro atoms. The van der Waals surface area contributed by atoms with E-state index >= 15 is 0 Å². The van der Waals surface area contributed by atoms with Gasteiger partial charge in [0.25, 0.3) is 0 Å². The van der Waals surface area contributed by atoms with Crippen molar-refractivity contribution in [3.63, 3.8) is 0 Å². The molecule has 0 aliphatic rings. The molecule has 110 valence electrons. The van der Waals surface area contributed by atoms with Gasteiger partial charge >= 0.3 is 5.97 Å². The number of benzene rings is 1. The highest BCUT2D eigenvalue weighted by Crippen LogP contribution is 2.25. The standard InChI is InChI=1S/C16H17BrN2O2/c1-16(2,15(20)21)12-3-5-13(6-4-12)19-9-11-7-8-18-10-14(11)17/h3-8,10,19H,9H2,1-2H3,(H,20,21). The largest absolute Gasteiger partial charge is 0.481 e. The fourth-order valence-electron chi connectivity index (χ4n) is 1.87. The summed E-state index contributed by atoms with van der Waals surface area (Å²) >= 11 is 3.46. The first-order valence-corrected chi connectivity index (χ1v) is 7.37. The zero-order chi connectivity index (χ0) is 15.5. The minimum Gasteiger partial charge on any atom is -0.481 e. The van der Waals surface area contributed by atoms with Crippen LogP contribution < -0.4 is 5.32 Å². The number of carboxylic acids is 1. The van der Waals surface area contributed by atoms with E-state index in [1.165, 1.54) is 0 Å². The number of carbonyl (C=O) groups is 1. The Morgan fingerprint density at radius 2 is 1.95 bits per heavy atom. The minimum absolute atomic E-state index is 0.671. The Kier molecular flexibility index (Phi) is 4.63. The molecule has 0 aliphatic heterocycles.